The molecule has 0 aromatic heterocycles. The summed E-state index contributed by atoms with van der Waals surface area (Å²) in [6, 6.07) is 5.93. The highest BCUT2D eigenvalue weighted by molar-refractivity contribution is 7.80. The van der Waals surface area contributed by atoms with Crippen LogP contribution in [-0.4, -0.2) is 26.6 Å². The Morgan fingerprint density at radius 3 is 2.47 bits per heavy atom. The van der Waals surface area contributed by atoms with Gasteiger partial charge in [-0.15, -0.1) is 0 Å². The van der Waals surface area contributed by atoms with Gasteiger partial charge < -0.3 is 14.8 Å². The molecule has 1 aromatic rings. The first-order valence-electron chi connectivity index (χ1n) is 5.59. The van der Waals surface area contributed by atoms with Crippen LogP contribution in [-0.2, 0) is 5.41 Å². The Balaban J connectivity index is 3.03. The standard InChI is InChI=1S/C13H21NO2S/c1-13(2,8-14-9-17)11-6-5-10(15-3)7-12(11)16-4/h5-7,14,17H,8-9H2,1-4H3. The number of rotatable bonds is 6. The Morgan fingerprint density at radius 2 is 1.94 bits per heavy atom. The van der Waals surface area contributed by atoms with Crippen LogP contribution in [0, 0.1) is 0 Å². The van der Waals surface area contributed by atoms with E-state index in [1.165, 1.54) is 0 Å². The minimum atomic E-state index is -0.0135. The first-order chi connectivity index (χ1) is 8.05. The molecule has 0 amide bonds. The molecule has 1 rings (SSSR count). The van der Waals surface area contributed by atoms with Crippen LogP contribution in [0.1, 0.15) is 19.4 Å². The topological polar surface area (TPSA) is 30.5 Å². The lowest BCUT2D eigenvalue weighted by atomic mass is 9.84. The predicted molar refractivity (Wildman–Crippen MR) is 74.4 cm³/mol. The summed E-state index contributed by atoms with van der Waals surface area (Å²) >= 11 is 4.16. The summed E-state index contributed by atoms with van der Waals surface area (Å²) in [7, 11) is 3.34. The van der Waals surface area contributed by atoms with E-state index in [0.29, 0.717) is 5.88 Å². The molecule has 1 N–H and O–H groups in total. The van der Waals surface area contributed by atoms with Crippen molar-refractivity contribution in [2.45, 2.75) is 19.3 Å². The number of ether oxygens (including phenoxy) is 2. The quantitative estimate of drug-likeness (QED) is 0.604. The van der Waals surface area contributed by atoms with Gasteiger partial charge in [0.25, 0.3) is 0 Å². The summed E-state index contributed by atoms with van der Waals surface area (Å²) in [5, 5.41) is 3.24. The molecule has 0 saturated carbocycles. The van der Waals surface area contributed by atoms with Gasteiger partial charge >= 0.3 is 0 Å². The zero-order chi connectivity index (χ0) is 12.9. The number of hydrogen-bond donors (Lipinski definition) is 2. The van der Waals surface area contributed by atoms with E-state index in [4.69, 9.17) is 9.47 Å². The van der Waals surface area contributed by atoms with Crippen molar-refractivity contribution in [1.82, 2.24) is 5.32 Å². The van der Waals surface area contributed by atoms with Crippen LogP contribution >= 0.6 is 12.6 Å². The van der Waals surface area contributed by atoms with Gasteiger partial charge in [-0.3, -0.25) is 0 Å². The van der Waals surface area contributed by atoms with E-state index in [1.54, 1.807) is 14.2 Å². The second-order valence-corrected chi connectivity index (χ2v) is 4.85. The minimum Gasteiger partial charge on any atom is -0.497 e. The normalized spacial score (nSPS) is 11.4. The molecule has 4 heteroatoms. The van der Waals surface area contributed by atoms with Gasteiger partial charge in [0, 0.05) is 29.5 Å². The van der Waals surface area contributed by atoms with E-state index >= 15 is 0 Å². The maximum atomic E-state index is 5.43. The molecule has 96 valence electrons. The molecule has 0 spiro atoms. The average Bonchev–Trinajstić information content (AvgIpc) is 2.35. The van der Waals surface area contributed by atoms with Crippen molar-refractivity contribution in [3.05, 3.63) is 23.8 Å². The molecule has 0 aliphatic carbocycles. The van der Waals surface area contributed by atoms with Crippen molar-refractivity contribution < 1.29 is 9.47 Å². The highest BCUT2D eigenvalue weighted by Gasteiger charge is 2.24. The fraction of sp³-hybridized carbons (Fsp3) is 0.538. The Kier molecular flexibility index (Phi) is 5.15. The van der Waals surface area contributed by atoms with E-state index < -0.39 is 0 Å². The van der Waals surface area contributed by atoms with Crippen LogP contribution < -0.4 is 14.8 Å². The van der Waals surface area contributed by atoms with E-state index in [0.717, 1.165) is 23.6 Å². The van der Waals surface area contributed by atoms with Gasteiger partial charge in [-0.25, -0.2) is 0 Å². The highest BCUT2D eigenvalue weighted by Crippen LogP contribution is 2.33. The van der Waals surface area contributed by atoms with E-state index in [9.17, 15) is 0 Å². The van der Waals surface area contributed by atoms with Crippen LogP contribution in [0.2, 0.25) is 0 Å². The van der Waals surface area contributed by atoms with Gasteiger partial charge in [-0.05, 0) is 6.07 Å². The van der Waals surface area contributed by atoms with Crippen LogP contribution in [0.5, 0.6) is 11.5 Å². The molecular weight excluding hydrogens is 234 g/mol. The van der Waals surface area contributed by atoms with Crippen molar-refractivity contribution in [2.75, 3.05) is 26.6 Å². The van der Waals surface area contributed by atoms with Gasteiger partial charge in [-0.2, -0.15) is 12.6 Å². The molecule has 3 nitrogen and oxygen atoms in total. The molecule has 0 aliphatic rings. The zero-order valence-electron chi connectivity index (χ0n) is 10.9. The molecule has 1 aromatic carbocycles. The molecule has 0 fully saturated rings. The third-order valence-corrected chi connectivity index (χ3v) is 3.04. The Hall–Kier alpha value is -0.870. The third-order valence-electron chi connectivity index (χ3n) is 2.82. The van der Waals surface area contributed by atoms with Crippen LogP contribution in [0.3, 0.4) is 0 Å². The third kappa shape index (κ3) is 3.54. The fourth-order valence-corrected chi connectivity index (χ4v) is 1.93. The van der Waals surface area contributed by atoms with E-state index in [1.807, 2.05) is 12.1 Å². The van der Waals surface area contributed by atoms with Gasteiger partial charge in [0.1, 0.15) is 11.5 Å². The minimum absolute atomic E-state index is 0.0135. The summed E-state index contributed by atoms with van der Waals surface area (Å²) in [4.78, 5) is 0. The number of methoxy groups -OCH3 is 2. The molecule has 0 heterocycles. The van der Waals surface area contributed by atoms with Crippen molar-refractivity contribution in [1.29, 1.82) is 0 Å². The number of benzene rings is 1. The first-order valence-corrected chi connectivity index (χ1v) is 6.22. The Labute approximate surface area is 109 Å². The Morgan fingerprint density at radius 1 is 1.24 bits per heavy atom. The molecule has 0 saturated heterocycles. The van der Waals surface area contributed by atoms with E-state index in [-0.39, 0.29) is 5.41 Å². The number of nitrogens with one attached hydrogen (secondary N) is 1. The summed E-state index contributed by atoms with van der Waals surface area (Å²) in [6.07, 6.45) is 0. The largest absolute Gasteiger partial charge is 0.497 e. The van der Waals surface area contributed by atoms with Gasteiger partial charge in [0.2, 0.25) is 0 Å². The Bertz CT molecular complexity index is 366. The SMILES string of the molecule is COc1ccc(C(C)(C)CNCS)c(OC)c1. The lowest BCUT2D eigenvalue weighted by Crippen LogP contribution is -2.32. The molecule has 17 heavy (non-hydrogen) atoms. The van der Waals surface area contributed by atoms with Crippen molar-refractivity contribution in [2.24, 2.45) is 0 Å². The summed E-state index contributed by atoms with van der Waals surface area (Å²) in [6.45, 7) is 5.20. The lowest BCUT2D eigenvalue weighted by Gasteiger charge is -2.27. The van der Waals surface area contributed by atoms with Crippen LogP contribution in [0.4, 0.5) is 0 Å². The van der Waals surface area contributed by atoms with Gasteiger partial charge in [0.05, 0.1) is 14.2 Å². The molecule has 0 atom stereocenters. The molecule has 0 aliphatic heterocycles. The molecule has 0 unspecified atom stereocenters. The second kappa shape index (κ2) is 6.17. The summed E-state index contributed by atoms with van der Waals surface area (Å²) < 4.78 is 10.6. The summed E-state index contributed by atoms with van der Waals surface area (Å²) in [5.41, 5.74) is 1.15. The van der Waals surface area contributed by atoms with Gasteiger partial charge in [-0.1, -0.05) is 19.9 Å². The van der Waals surface area contributed by atoms with Gasteiger partial charge in [0.15, 0.2) is 0 Å². The molecular formula is C13H21NO2S. The van der Waals surface area contributed by atoms with Crippen molar-refractivity contribution >= 4 is 12.6 Å². The van der Waals surface area contributed by atoms with Crippen molar-refractivity contribution in [3.8, 4) is 11.5 Å². The number of thiol groups is 1. The van der Waals surface area contributed by atoms with Crippen molar-refractivity contribution in [3.63, 3.8) is 0 Å². The monoisotopic (exact) mass is 255 g/mol. The van der Waals surface area contributed by atoms with Crippen LogP contribution in [0.15, 0.2) is 18.2 Å². The van der Waals surface area contributed by atoms with E-state index in [2.05, 4.69) is 37.9 Å². The predicted octanol–water partition coefficient (Wildman–Crippen LogP) is 2.46. The first kappa shape index (κ1) is 14.2. The lowest BCUT2D eigenvalue weighted by molar-refractivity contribution is 0.376. The summed E-state index contributed by atoms with van der Waals surface area (Å²) in [5.74, 6) is 2.33. The highest BCUT2D eigenvalue weighted by atomic mass is 32.1. The molecule has 0 radical (unpaired) electrons. The molecule has 0 bridgehead atoms. The smallest absolute Gasteiger partial charge is 0.126 e. The zero-order valence-corrected chi connectivity index (χ0v) is 11.8. The maximum Gasteiger partial charge on any atom is 0.126 e. The second-order valence-electron chi connectivity index (χ2n) is 4.53. The van der Waals surface area contributed by atoms with Crippen LogP contribution in [0.25, 0.3) is 0 Å². The fourth-order valence-electron chi connectivity index (χ4n) is 1.82. The maximum absolute atomic E-state index is 5.43. The number of hydrogen-bond acceptors (Lipinski definition) is 4. The average molecular weight is 255 g/mol.